The van der Waals surface area contributed by atoms with Crippen molar-refractivity contribution in [2.24, 2.45) is 11.8 Å². The van der Waals surface area contributed by atoms with Gasteiger partial charge in [0.1, 0.15) is 0 Å². The van der Waals surface area contributed by atoms with E-state index in [1.165, 1.54) is 5.41 Å². The number of nitrogens with zero attached hydrogens (tertiary/aromatic N) is 1. The van der Waals surface area contributed by atoms with Crippen LogP contribution in [0.25, 0.3) is 6.08 Å². The molecule has 1 aromatic rings. The van der Waals surface area contributed by atoms with E-state index in [9.17, 15) is 8.42 Å². The summed E-state index contributed by atoms with van der Waals surface area (Å²) in [6.07, 6.45) is 1.67. The minimum absolute atomic E-state index is 0.486. The number of rotatable bonds is 3. The summed E-state index contributed by atoms with van der Waals surface area (Å²) in [5, 5.41) is 4.64. The summed E-state index contributed by atoms with van der Waals surface area (Å²) < 4.78 is 26.1. The van der Waals surface area contributed by atoms with Crippen LogP contribution in [0.4, 0.5) is 0 Å². The van der Waals surface area contributed by atoms with Crippen LogP contribution >= 0.6 is 0 Å². The lowest BCUT2D eigenvalue weighted by Crippen LogP contribution is -2.30. The van der Waals surface area contributed by atoms with Crippen LogP contribution in [-0.4, -0.2) is 38.9 Å². The summed E-state index contributed by atoms with van der Waals surface area (Å²) in [7, 11) is -3.28. The summed E-state index contributed by atoms with van der Waals surface area (Å²) >= 11 is 0. The van der Waals surface area contributed by atoms with Crippen molar-refractivity contribution in [2.75, 3.05) is 26.2 Å². The van der Waals surface area contributed by atoms with Gasteiger partial charge in [0, 0.05) is 18.5 Å². The summed E-state index contributed by atoms with van der Waals surface area (Å²) in [5.41, 5.74) is 0.909. The van der Waals surface area contributed by atoms with Crippen molar-refractivity contribution < 1.29 is 8.42 Å². The van der Waals surface area contributed by atoms with E-state index >= 15 is 0 Å². The molecule has 2 aliphatic rings. The SMILES string of the molecule is O=S(=O)(C=Cc1ccccc1)N1CC2CNCC2C1. The Morgan fingerprint density at radius 3 is 2.37 bits per heavy atom. The van der Waals surface area contributed by atoms with Crippen LogP contribution < -0.4 is 5.32 Å². The normalized spacial score (nSPS) is 28.0. The highest BCUT2D eigenvalue weighted by Gasteiger charge is 2.40. The molecule has 0 amide bonds. The van der Waals surface area contributed by atoms with Crippen LogP contribution in [0.3, 0.4) is 0 Å². The summed E-state index contributed by atoms with van der Waals surface area (Å²) in [6, 6.07) is 9.51. The Hall–Kier alpha value is -1.17. The van der Waals surface area contributed by atoms with Crippen LogP contribution in [0, 0.1) is 11.8 Å². The van der Waals surface area contributed by atoms with Crippen molar-refractivity contribution in [1.82, 2.24) is 9.62 Å². The molecule has 1 aromatic carbocycles. The molecule has 2 saturated heterocycles. The van der Waals surface area contributed by atoms with E-state index in [1.54, 1.807) is 10.4 Å². The molecule has 4 nitrogen and oxygen atoms in total. The molecule has 2 aliphatic heterocycles. The van der Waals surface area contributed by atoms with Crippen LogP contribution in [0.1, 0.15) is 5.56 Å². The van der Waals surface area contributed by atoms with Crippen LogP contribution in [0.2, 0.25) is 0 Å². The number of benzene rings is 1. The van der Waals surface area contributed by atoms with Gasteiger partial charge in [0.2, 0.25) is 10.0 Å². The molecular weight excluding hydrogens is 260 g/mol. The molecule has 0 bridgehead atoms. The van der Waals surface area contributed by atoms with E-state index in [2.05, 4.69) is 5.32 Å². The number of fused-ring (bicyclic) bond motifs is 1. The summed E-state index contributed by atoms with van der Waals surface area (Å²) in [6.45, 7) is 3.19. The van der Waals surface area contributed by atoms with Crippen LogP contribution in [0.5, 0.6) is 0 Å². The van der Waals surface area contributed by atoms with Gasteiger partial charge in [0.15, 0.2) is 0 Å². The molecular formula is C14H18N2O2S. The molecule has 3 rings (SSSR count). The second kappa shape index (κ2) is 5.07. The maximum absolute atomic E-state index is 12.3. The molecule has 0 spiro atoms. The van der Waals surface area contributed by atoms with Crippen molar-refractivity contribution in [3.63, 3.8) is 0 Å². The second-order valence-electron chi connectivity index (χ2n) is 5.25. The highest BCUT2D eigenvalue weighted by atomic mass is 32.2. The van der Waals surface area contributed by atoms with Gasteiger partial charge in [0.25, 0.3) is 0 Å². The fourth-order valence-electron chi connectivity index (χ4n) is 2.83. The first-order chi connectivity index (χ1) is 9.15. The highest BCUT2D eigenvalue weighted by molar-refractivity contribution is 7.92. The zero-order valence-corrected chi connectivity index (χ0v) is 11.5. The predicted octanol–water partition coefficient (Wildman–Crippen LogP) is 1.14. The molecule has 5 heteroatoms. The maximum Gasteiger partial charge on any atom is 0.236 e. The summed E-state index contributed by atoms with van der Waals surface area (Å²) in [5.74, 6) is 0.972. The molecule has 0 aliphatic carbocycles. The Labute approximate surface area is 114 Å². The fraction of sp³-hybridized carbons (Fsp3) is 0.429. The molecule has 0 aromatic heterocycles. The topological polar surface area (TPSA) is 49.4 Å². The van der Waals surface area contributed by atoms with Gasteiger partial charge in [-0.3, -0.25) is 0 Å². The lowest BCUT2D eigenvalue weighted by Gasteiger charge is -2.14. The Bertz CT molecular complexity index is 556. The second-order valence-corrected chi connectivity index (χ2v) is 7.07. The third-order valence-corrected chi connectivity index (χ3v) is 5.45. The lowest BCUT2D eigenvalue weighted by molar-refractivity contribution is 0.455. The number of sulfonamides is 1. The molecule has 1 N–H and O–H groups in total. The maximum atomic E-state index is 12.3. The van der Waals surface area contributed by atoms with Gasteiger partial charge < -0.3 is 5.32 Å². The van der Waals surface area contributed by atoms with Crippen molar-refractivity contribution >= 4 is 16.1 Å². The predicted molar refractivity (Wildman–Crippen MR) is 75.8 cm³/mol. The van der Waals surface area contributed by atoms with Gasteiger partial charge >= 0.3 is 0 Å². The minimum Gasteiger partial charge on any atom is -0.316 e. The van der Waals surface area contributed by atoms with Crippen molar-refractivity contribution in [1.29, 1.82) is 0 Å². The lowest BCUT2D eigenvalue weighted by atomic mass is 10.0. The number of hydrogen-bond acceptors (Lipinski definition) is 3. The molecule has 2 fully saturated rings. The van der Waals surface area contributed by atoms with Gasteiger partial charge in [-0.15, -0.1) is 0 Å². The van der Waals surface area contributed by atoms with E-state index in [1.807, 2.05) is 30.3 Å². The Balaban J connectivity index is 1.72. The standard InChI is InChI=1S/C14H18N2O2S/c17-19(18,7-6-12-4-2-1-3-5-12)16-10-13-8-15-9-14(13)11-16/h1-7,13-15H,8-11H2. The van der Waals surface area contributed by atoms with Crippen LogP contribution in [-0.2, 0) is 10.0 Å². The Morgan fingerprint density at radius 1 is 1.11 bits per heavy atom. The number of hydrogen-bond donors (Lipinski definition) is 1. The third kappa shape index (κ3) is 2.73. The van der Waals surface area contributed by atoms with Gasteiger partial charge in [-0.1, -0.05) is 30.3 Å². The highest BCUT2D eigenvalue weighted by Crippen LogP contribution is 2.28. The first-order valence-electron chi connectivity index (χ1n) is 6.59. The fourth-order valence-corrected chi connectivity index (χ4v) is 4.13. The minimum atomic E-state index is -3.28. The first kappa shape index (κ1) is 12.8. The monoisotopic (exact) mass is 278 g/mol. The van der Waals surface area contributed by atoms with E-state index in [0.717, 1.165) is 18.7 Å². The molecule has 0 saturated carbocycles. The van der Waals surface area contributed by atoms with Gasteiger partial charge in [-0.25, -0.2) is 8.42 Å². The quantitative estimate of drug-likeness (QED) is 0.902. The van der Waals surface area contributed by atoms with E-state index < -0.39 is 10.0 Å². The zero-order valence-electron chi connectivity index (χ0n) is 10.7. The Kier molecular flexibility index (Phi) is 3.43. The summed E-state index contributed by atoms with van der Waals surface area (Å²) in [4.78, 5) is 0. The smallest absolute Gasteiger partial charge is 0.236 e. The Morgan fingerprint density at radius 2 is 1.74 bits per heavy atom. The largest absolute Gasteiger partial charge is 0.316 e. The zero-order chi connectivity index (χ0) is 13.3. The van der Waals surface area contributed by atoms with E-state index in [0.29, 0.717) is 24.9 Å². The van der Waals surface area contributed by atoms with Crippen LogP contribution in [0.15, 0.2) is 35.7 Å². The molecule has 0 radical (unpaired) electrons. The van der Waals surface area contributed by atoms with Gasteiger partial charge in [-0.2, -0.15) is 4.31 Å². The molecule has 19 heavy (non-hydrogen) atoms. The number of nitrogens with one attached hydrogen (secondary N) is 1. The van der Waals surface area contributed by atoms with E-state index in [4.69, 9.17) is 0 Å². The molecule has 2 heterocycles. The molecule has 2 unspecified atom stereocenters. The average molecular weight is 278 g/mol. The van der Waals surface area contributed by atoms with Gasteiger partial charge in [-0.05, 0) is 36.6 Å². The van der Waals surface area contributed by atoms with Crippen molar-refractivity contribution in [3.8, 4) is 0 Å². The average Bonchev–Trinajstić information content (AvgIpc) is 2.99. The van der Waals surface area contributed by atoms with Crippen molar-refractivity contribution in [2.45, 2.75) is 0 Å². The van der Waals surface area contributed by atoms with Gasteiger partial charge in [0.05, 0.1) is 0 Å². The van der Waals surface area contributed by atoms with E-state index in [-0.39, 0.29) is 0 Å². The third-order valence-electron chi connectivity index (χ3n) is 3.95. The first-order valence-corrected chi connectivity index (χ1v) is 8.09. The van der Waals surface area contributed by atoms with Crippen molar-refractivity contribution in [3.05, 3.63) is 41.3 Å². The molecule has 2 atom stereocenters. The molecule has 102 valence electrons.